The number of aryl methyl sites for hydroxylation is 1. The van der Waals surface area contributed by atoms with Crippen molar-refractivity contribution in [2.45, 2.75) is 26.2 Å². The molecule has 3 amide bonds. The summed E-state index contributed by atoms with van der Waals surface area (Å²) in [5.41, 5.74) is 6.43. The summed E-state index contributed by atoms with van der Waals surface area (Å²) in [5, 5.41) is 2.76. The predicted molar refractivity (Wildman–Crippen MR) is 114 cm³/mol. The smallest absolute Gasteiger partial charge is 0.306 e. The molecule has 0 unspecified atom stereocenters. The number of esters is 1. The molecular weight excluding hydrogens is 454 g/mol. The van der Waals surface area contributed by atoms with E-state index in [4.69, 9.17) is 4.74 Å². The molecule has 0 aliphatic heterocycles. The normalized spacial score (nSPS) is 10.1. The molecular formula is C21H22BrN3O5. The van der Waals surface area contributed by atoms with Gasteiger partial charge < -0.3 is 10.1 Å². The molecule has 30 heavy (non-hydrogen) atoms. The zero-order chi connectivity index (χ0) is 21.9. The topological polar surface area (TPSA) is 114 Å². The zero-order valence-electron chi connectivity index (χ0n) is 16.4. The molecule has 0 aliphatic rings. The Morgan fingerprint density at radius 3 is 2.30 bits per heavy atom. The van der Waals surface area contributed by atoms with Crippen LogP contribution in [0, 0.1) is 0 Å². The molecule has 0 atom stereocenters. The van der Waals surface area contributed by atoms with Crippen LogP contribution in [0.2, 0.25) is 0 Å². The van der Waals surface area contributed by atoms with E-state index < -0.39 is 24.4 Å². The van der Waals surface area contributed by atoms with Gasteiger partial charge in [-0.25, -0.2) is 0 Å². The van der Waals surface area contributed by atoms with Crippen molar-refractivity contribution in [1.82, 2.24) is 10.9 Å². The number of hydrogen-bond acceptors (Lipinski definition) is 5. The van der Waals surface area contributed by atoms with Gasteiger partial charge >= 0.3 is 5.97 Å². The van der Waals surface area contributed by atoms with E-state index in [1.807, 2.05) is 25.1 Å². The van der Waals surface area contributed by atoms with E-state index in [1.165, 1.54) is 0 Å². The zero-order valence-corrected chi connectivity index (χ0v) is 18.0. The minimum Gasteiger partial charge on any atom is -0.455 e. The number of benzene rings is 2. The van der Waals surface area contributed by atoms with Gasteiger partial charge in [-0.1, -0.05) is 41.1 Å². The van der Waals surface area contributed by atoms with E-state index in [0.717, 1.165) is 16.5 Å². The Bertz CT molecular complexity index is 915. The maximum absolute atomic E-state index is 12.0. The van der Waals surface area contributed by atoms with E-state index in [-0.39, 0.29) is 18.7 Å². The monoisotopic (exact) mass is 475 g/mol. The lowest BCUT2D eigenvalue weighted by atomic mass is 10.1. The van der Waals surface area contributed by atoms with Crippen molar-refractivity contribution in [2.75, 3.05) is 11.9 Å². The van der Waals surface area contributed by atoms with E-state index in [1.54, 1.807) is 30.3 Å². The third kappa shape index (κ3) is 7.67. The van der Waals surface area contributed by atoms with Crippen LogP contribution in [0.1, 0.15) is 35.7 Å². The number of amides is 3. The summed E-state index contributed by atoms with van der Waals surface area (Å²) in [6.45, 7) is 1.41. The fourth-order valence-corrected chi connectivity index (χ4v) is 2.70. The second-order valence-corrected chi connectivity index (χ2v) is 7.14. The van der Waals surface area contributed by atoms with Gasteiger partial charge in [-0.3, -0.25) is 30.0 Å². The fraction of sp³-hybridized carbons (Fsp3) is 0.238. The molecule has 158 valence electrons. The third-order valence-corrected chi connectivity index (χ3v) is 4.54. The minimum absolute atomic E-state index is 0.0706. The molecule has 0 aromatic heterocycles. The second-order valence-electron chi connectivity index (χ2n) is 6.23. The molecule has 0 saturated carbocycles. The standard InChI is InChI=1S/C21H22BrN3O5/c1-2-14-5-3-4-6-17(14)23-18(26)11-12-20(28)30-13-19(27)24-25-21(29)15-7-9-16(22)10-8-15/h3-10H,2,11-13H2,1H3,(H,23,26)(H,24,27)(H,25,29). The van der Waals surface area contributed by atoms with Crippen molar-refractivity contribution in [3.05, 3.63) is 64.1 Å². The molecule has 0 saturated heterocycles. The largest absolute Gasteiger partial charge is 0.455 e. The van der Waals surface area contributed by atoms with Crippen LogP contribution in [0.5, 0.6) is 0 Å². The van der Waals surface area contributed by atoms with E-state index in [2.05, 4.69) is 32.1 Å². The van der Waals surface area contributed by atoms with Gasteiger partial charge in [0.05, 0.1) is 6.42 Å². The van der Waals surface area contributed by atoms with Crippen LogP contribution in [0.4, 0.5) is 5.69 Å². The van der Waals surface area contributed by atoms with Crippen molar-refractivity contribution >= 4 is 45.3 Å². The number of nitrogens with one attached hydrogen (secondary N) is 3. The van der Waals surface area contributed by atoms with E-state index in [0.29, 0.717) is 11.3 Å². The van der Waals surface area contributed by atoms with Gasteiger partial charge in [0.15, 0.2) is 6.61 Å². The highest BCUT2D eigenvalue weighted by Crippen LogP contribution is 2.15. The highest BCUT2D eigenvalue weighted by atomic mass is 79.9. The van der Waals surface area contributed by atoms with Gasteiger partial charge in [-0.05, 0) is 42.3 Å². The van der Waals surface area contributed by atoms with Crippen LogP contribution in [0.3, 0.4) is 0 Å². The van der Waals surface area contributed by atoms with Crippen molar-refractivity contribution in [1.29, 1.82) is 0 Å². The van der Waals surface area contributed by atoms with Crippen molar-refractivity contribution < 1.29 is 23.9 Å². The van der Waals surface area contributed by atoms with E-state index >= 15 is 0 Å². The average molecular weight is 476 g/mol. The first-order valence-electron chi connectivity index (χ1n) is 9.27. The Balaban J connectivity index is 1.66. The Morgan fingerprint density at radius 2 is 1.60 bits per heavy atom. The maximum atomic E-state index is 12.0. The summed E-state index contributed by atoms with van der Waals surface area (Å²) >= 11 is 3.26. The third-order valence-electron chi connectivity index (χ3n) is 4.01. The molecule has 3 N–H and O–H groups in total. The quantitative estimate of drug-likeness (QED) is 0.401. The molecule has 2 aromatic rings. The first kappa shape index (κ1) is 23.1. The first-order chi connectivity index (χ1) is 14.4. The number of hydrogen-bond donors (Lipinski definition) is 3. The number of ether oxygens (including phenoxy) is 1. The highest BCUT2D eigenvalue weighted by Gasteiger charge is 2.12. The first-order valence-corrected chi connectivity index (χ1v) is 10.1. The summed E-state index contributed by atoms with van der Waals surface area (Å²) in [7, 11) is 0. The molecule has 0 aliphatic carbocycles. The molecule has 0 radical (unpaired) electrons. The summed E-state index contributed by atoms with van der Waals surface area (Å²) in [6.07, 6.45) is 0.531. The molecule has 2 rings (SSSR count). The lowest BCUT2D eigenvalue weighted by molar-refractivity contribution is -0.149. The van der Waals surface area contributed by atoms with Crippen LogP contribution in [-0.2, 0) is 25.5 Å². The van der Waals surface area contributed by atoms with Gasteiger partial charge in [0.1, 0.15) is 0 Å². The van der Waals surface area contributed by atoms with Gasteiger partial charge in [-0.15, -0.1) is 0 Å². The number of halogens is 1. The summed E-state index contributed by atoms with van der Waals surface area (Å²) in [4.78, 5) is 47.3. The number of carbonyl (C=O) groups is 4. The minimum atomic E-state index is -0.699. The molecule has 8 nitrogen and oxygen atoms in total. The highest BCUT2D eigenvalue weighted by molar-refractivity contribution is 9.10. The van der Waals surface area contributed by atoms with Crippen LogP contribution in [0.15, 0.2) is 53.0 Å². The Labute approximate surface area is 182 Å². The number of hydrazine groups is 1. The predicted octanol–water partition coefficient (Wildman–Crippen LogP) is 2.73. The van der Waals surface area contributed by atoms with Crippen LogP contribution in [0.25, 0.3) is 0 Å². The SMILES string of the molecule is CCc1ccccc1NC(=O)CCC(=O)OCC(=O)NNC(=O)c1ccc(Br)cc1. The van der Waals surface area contributed by atoms with Crippen LogP contribution >= 0.6 is 15.9 Å². The Morgan fingerprint density at radius 1 is 0.900 bits per heavy atom. The summed E-state index contributed by atoms with van der Waals surface area (Å²) in [6, 6.07) is 13.9. The molecule has 2 aromatic carbocycles. The fourth-order valence-electron chi connectivity index (χ4n) is 2.43. The van der Waals surface area contributed by atoms with E-state index in [9.17, 15) is 19.2 Å². The van der Waals surface area contributed by atoms with Crippen LogP contribution in [-0.4, -0.2) is 30.3 Å². The lowest BCUT2D eigenvalue weighted by Crippen LogP contribution is -2.43. The number of para-hydroxylation sites is 1. The molecule has 0 heterocycles. The Kier molecular flexibility index (Phi) is 9.02. The van der Waals surface area contributed by atoms with Crippen molar-refractivity contribution in [2.24, 2.45) is 0 Å². The van der Waals surface area contributed by atoms with Gasteiger partial charge in [0.2, 0.25) is 5.91 Å². The number of carbonyl (C=O) groups excluding carboxylic acids is 4. The summed E-state index contributed by atoms with van der Waals surface area (Å²) < 4.78 is 5.63. The van der Waals surface area contributed by atoms with Crippen molar-refractivity contribution in [3.63, 3.8) is 0 Å². The van der Waals surface area contributed by atoms with Gasteiger partial charge in [-0.2, -0.15) is 0 Å². The van der Waals surface area contributed by atoms with Gasteiger partial charge in [0.25, 0.3) is 11.8 Å². The number of rotatable bonds is 8. The molecule has 9 heteroatoms. The Hall–Kier alpha value is -3.20. The number of anilines is 1. The summed E-state index contributed by atoms with van der Waals surface area (Å²) in [5.74, 6) is -2.22. The lowest BCUT2D eigenvalue weighted by Gasteiger charge is -2.10. The average Bonchev–Trinajstić information content (AvgIpc) is 2.75. The van der Waals surface area contributed by atoms with Gasteiger partial charge in [0, 0.05) is 22.1 Å². The molecule has 0 fully saturated rings. The maximum Gasteiger partial charge on any atom is 0.306 e. The van der Waals surface area contributed by atoms with Crippen LogP contribution < -0.4 is 16.2 Å². The van der Waals surface area contributed by atoms with Crippen molar-refractivity contribution in [3.8, 4) is 0 Å². The second kappa shape index (κ2) is 11.7. The molecule has 0 spiro atoms. The molecule has 0 bridgehead atoms.